The number of fused-ring (bicyclic) bond motifs is 6. The van der Waals surface area contributed by atoms with Crippen LogP contribution < -0.4 is 4.90 Å². The Morgan fingerprint density at radius 3 is 2.21 bits per heavy atom. The minimum atomic E-state index is -0.0777. The van der Waals surface area contributed by atoms with E-state index in [1.54, 1.807) is 0 Å². The molecule has 2 nitrogen and oxygen atoms in total. The van der Waals surface area contributed by atoms with Gasteiger partial charge in [-0.15, -0.1) is 0 Å². The molecule has 0 amide bonds. The van der Waals surface area contributed by atoms with E-state index in [4.69, 9.17) is 16.0 Å². The maximum Gasteiger partial charge on any atom is 0.137 e. The Kier molecular flexibility index (Phi) is 5.35. The minimum absolute atomic E-state index is 0.0777. The normalized spacial score (nSPS) is 13.6. The van der Waals surface area contributed by atoms with Crippen LogP contribution in [0.1, 0.15) is 37.8 Å². The van der Waals surface area contributed by atoms with Crippen LogP contribution in [0.5, 0.6) is 0 Å². The summed E-state index contributed by atoms with van der Waals surface area (Å²) in [5.41, 5.74) is 10.5. The zero-order valence-electron chi connectivity index (χ0n) is 21.5. The van der Waals surface area contributed by atoms with Gasteiger partial charge in [0.25, 0.3) is 0 Å². The zero-order chi connectivity index (χ0) is 25.9. The maximum atomic E-state index is 6.61. The molecule has 0 unspecified atom stereocenters. The highest BCUT2D eigenvalue weighted by Gasteiger charge is 2.43. The van der Waals surface area contributed by atoms with Gasteiger partial charge in [-0.25, -0.2) is 0 Å². The number of halogens is 1. The van der Waals surface area contributed by atoms with Crippen LogP contribution in [0.2, 0.25) is 5.02 Å². The van der Waals surface area contributed by atoms with Crippen LogP contribution in [0.15, 0.2) is 114 Å². The van der Waals surface area contributed by atoms with Crippen molar-refractivity contribution in [3.63, 3.8) is 0 Å². The van der Waals surface area contributed by atoms with Gasteiger partial charge in [-0.3, -0.25) is 0 Å². The van der Waals surface area contributed by atoms with E-state index in [0.717, 1.165) is 46.2 Å². The second-order valence-corrected chi connectivity index (χ2v) is 10.5. The predicted molar refractivity (Wildman–Crippen MR) is 160 cm³/mol. The largest absolute Gasteiger partial charge is 0.456 e. The van der Waals surface area contributed by atoms with E-state index < -0.39 is 0 Å². The molecule has 0 N–H and O–H groups in total. The van der Waals surface area contributed by atoms with Gasteiger partial charge in [0.15, 0.2) is 0 Å². The molecule has 1 aliphatic carbocycles. The van der Waals surface area contributed by atoms with Crippen molar-refractivity contribution in [2.45, 2.75) is 32.1 Å². The lowest BCUT2D eigenvalue weighted by atomic mass is 9.73. The average molecular weight is 514 g/mol. The van der Waals surface area contributed by atoms with Gasteiger partial charge in [-0.1, -0.05) is 92.2 Å². The minimum Gasteiger partial charge on any atom is -0.456 e. The van der Waals surface area contributed by atoms with Gasteiger partial charge in [-0.05, 0) is 77.6 Å². The fourth-order valence-corrected chi connectivity index (χ4v) is 6.86. The first kappa shape index (κ1) is 23.1. The van der Waals surface area contributed by atoms with Crippen molar-refractivity contribution < 1.29 is 4.42 Å². The van der Waals surface area contributed by atoms with Crippen molar-refractivity contribution in [3.8, 4) is 11.1 Å². The Balaban J connectivity index is 1.60. The van der Waals surface area contributed by atoms with E-state index in [9.17, 15) is 0 Å². The van der Waals surface area contributed by atoms with Crippen molar-refractivity contribution in [3.05, 3.63) is 125 Å². The van der Waals surface area contributed by atoms with Crippen LogP contribution in [-0.2, 0) is 5.41 Å². The van der Waals surface area contributed by atoms with E-state index in [0.29, 0.717) is 5.02 Å². The Bertz CT molecular complexity index is 1830. The molecule has 7 rings (SSSR count). The molecular weight excluding hydrogens is 486 g/mol. The van der Waals surface area contributed by atoms with Gasteiger partial charge >= 0.3 is 0 Å². The van der Waals surface area contributed by atoms with E-state index in [1.165, 1.54) is 27.9 Å². The maximum absolute atomic E-state index is 6.61. The first-order valence-electron chi connectivity index (χ1n) is 13.4. The SMILES string of the molecule is CCC1(CC)c2ccccc2-c2cccc(N(c3cccc(Cl)c3)c3cccc4oc5ccccc5c34)c21. The van der Waals surface area contributed by atoms with Crippen LogP contribution in [0.4, 0.5) is 17.1 Å². The van der Waals surface area contributed by atoms with Gasteiger partial charge < -0.3 is 9.32 Å². The molecule has 6 aromatic rings. The summed E-state index contributed by atoms with van der Waals surface area (Å²) >= 11 is 6.61. The molecule has 0 spiro atoms. The molecule has 0 atom stereocenters. The molecule has 0 saturated carbocycles. The van der Waals surface area contributed by atoms with Crippen molar-refractivity contribution >= 4 is 50.6 Å². The third kappa shape index (κ3) is 3.20. The fraction of sp³-hybridized carbons (Fsp3) is 0.143. The topological polar surface area (TPSA) is 16.4 Å². The molecule has 0 fully saturated rings. The number of para-hydroxylation sites is 1. The van der Waals surface area contributed by atoms with Gasteiger partial charge in [0.1, 0.15) is 11.2 Å². The summed E-state index contributed by atoms with van der Waals surface area (Å²) in [6.07, 6.45) is 2.04. The van der Waals surface area contributed by atoms with Crippen LogP contribution >= 0.6 is 11.6 Å². The molecule has 38 heavy (non-hydrogen) atoms. The monoisotopic (exact) mass is 513 g/mol. The fourth-order valence-electron chi connectivity index (χ4n) is 6.67. The van der Waals surface area contributed by atoms with Gasteiger partial charge in [0.05, 0.1) is 16.8 Å². The van der Waals surface area contributed by atoms with Gasteiger partial charge in [0, 0.05) is 21.5 Å². The van der Waals surface area contributed by atoms with Crippen LogP contribution in [0.3, 0.4) is 0 Å². The van der Waals surface area contributed by atoms with Gasteiger partial charge in [0.2, 0.25) is 0 Å². The first-order chi connectivity index (χ1) is 18.7. The highest BCUT2D eigenvalue weighted by Crippen LogP contribution is 2.57. The van der Waals surface area contributed by atoms with Crippen LogP contribution in [-0.4, -0.2) is 0 Å². The summed E-state index contributed by atoms with van der Waals surface area (Å²) in [7, 11) is 0. The van der Waals surface area contributed by atoms with Crippen molar-refractivity contribution in [1.29, 1.82) is 0 Å². The van der Waals surface area contributed by atoms with Crippen molar-refractivity contribution in [1.82, 2.24) is 0 Å². The van der Waals surface area contributed by atoms with Crippen molar-refractivity contribution in [2.75, 3.05) is 4.90 Å². The molecule has 0 aliphatic heterocycles. The number of anilines is 3. The molecule has 5 aromatic carbocycles. The molecule has 0 saturated heterocycles. The van der Waals surface area contributed by atoms with E-state index in [1.807, 2.05) is 24.3 Å². The summed E-state index contributed by atoms with van der Waals surface area (Å²) < 4.78 is 6.31. The Labute approximate surface area is 228 Å². The van der Waals surface area contributed by atoms with Crippen molar-refractivity contribution in [2.24, 2.45) is 0 Å². The number of nitrogens with zero attached hydrogens (tertiary/aromatic N) is 1. The summed E-state index contributed by atoms with van der Waals surface area (Å²) in [4.78, 5) is 2.39. The average Bonchev–Trinajstić information content (AvgIpc) is 3.48. The number of hydrogen-bond donors (Lipinski definition) is 0. The smallest absolute Gasteiger partial charge is 0.137 e. The van der Waals surface area contributed by atoms with E-state index in [-0.39, 0.29) is 5.41 Å². The molecule has 0 radical (unpaired) electrons. The van der Waals surface area contributed by atoms with Crippen LogP contribution in [0.25, 0.3) is 33.1 Å². The van der Waals surface area contributed by atoms with Crippen LogP contribution in [0, 0.1) is 0 Å². The molecule has 1 aliphatic rings. The van der Waals surface area contributed by atoms with E-state index in [2.05, 4.69) is 104 Å². The van der Waals surface area contributed by atoms with Gasteiger partial charge in [-0.2, -0.15) is 0 Å². The third-order valence-corrected chi connectivity index (χ3v) is 8.62. The molecule has 186 valence electrons. The highest BCUT2D eigenvalue weighted by molar-refractivity contribution is 6.31. The quantitative estimate of drug-likeness (QED) is 0.228. The Hall–Kier alpha value is -4.01. The molecular formula is C35H28ClNO. The number of rotatable bonds is 5. The predicted octanol–water partition coefficient (Wildman–Crippen LogP) is 10.8. The zero-order valence-corrected chi connectivity index (χ0v) is 22.3. The number of benzene rings is 5. The van der Waals surface area contributed by atoms with E-state index >= 15 is 0 Å². The number of furan rings is 1. The summed E-state index contributed by atoms with van der Waals surface area (Å²) in [6, 6.07) is 38.5. The second kappa shape index (κ2) is 8.79. The summed E-state index contributed by atoms with van der Waals surface area (Å²) in [5, 5.41) is 2.93. The standard InChI is InChI=1S/C35H28ClNO/c1-3-35(4-2)28-17-7-5-14-25(28)26-16-10-19-30(34(26)35)37(24-13-9-12-23(36)22-24)29-18-11-21-32-33(29)27-15-6-8-20-31(27)38-32/h5-22H,3-4H2,1-2H3. The molecule has 1 aromatic heterocycles. The lowest BCUT2D eigenvalue weighted by molar-refractivity contribution is 0.491. The highest BCUT2D eigenvalue weighted by atomic mass is 35.5. The summed E-state index contributed by atoms with van der Waals surface area (Å²) in [6.45, 7) is 4.64. The second-order valence-electron chi connectivity index (χ2n) is 10.1. The lowest BCUT2D eigenvalue weighted by Crippen LogP contribution is -2.26. The Morgan fingerprint density at radius 2 is 1.37 bits per heavy atom. The first-order valence-corrected chi connectivity index (χ1v) is 13.7. The Morgan fingerprint density at radius 1 is 0.684 bits per heavy atom. The molecule has 1 heterocycles. The lowest BCUT2D eigenvalue weighted by Gasteiger charge is -2.35. The third-order valence-electron chi connectivity index (χ3n) is 8.39. The summed E-state index contributed by atoms with van der Waals surface area (Å²) in [5.74, 6) is 0. The molecule has 0 bridgehead atoms. The number of hydrogen-bond acceptors (Lipinski definition) is 2. The molecule has 3 heteroatoms.